The first-order valence-electron chi connectivity index (χ1n) is 9.03. The zero-order valence-corrected chi connectivity index (χ0v) is 17.9. The molecule has 0 aliphatic heterocycles. The molecule has 2 rings (SSSR count). The van der Waals surface area contributed by atoms with Crippen LogP contribution in [0.1, 0.15) is 35.1 Å². The lowest BCUT2D eigenvalue weighted by atomic mass is 10.2. The Balaban J connectivity index is 2.15. The predicted molar refractivity (Wildman–Crippen MR) is 109 cm³/mol. The second-order valence-electron chi connectivity index (χ2n) is 6.47. The molecule has 27 heavy (non-hydrogen) atoms. The molecule has 0 radical (unpaired) electrons. The van der Waals surface area contributed by atoms with Gasteiger partial charge in [-0.25, -0.2) is 8.42 Å². The van der Waals surface area contributed by atoms with Crippen molar-refractivity contribution in [1.82, 2.24) is 9.62 Å². The Labute approximate surface area is 165 Å². The van der Waals surface area contributed by atoms with Crippen molar-refractivity contribution in [2.45, 2.75) is 24.8 Å². The topological polar surface area (TPSA) is 70.9 Å². The van der Waals surface area contributed by atoms with E-state index in [4.69, 9.17) is 0 Å². The molecule has 0 aliphatic rings. The fourth-order valence-corrected chi connectivity index (χ4v) is 5.35. The number of nitrogens with zero attached hydrogens (tertiary/aromatic N) is 1. The van der Waals surface area contributed by atoms with Gasteiger partial charge in [0.2, 0.25) is 10.0 Å². The van der Waals surface area contributed by atoms with Crippen LogP contribution in [0.5, 0.6) is 0 Å². The lowest BCUT2D eigenvalue weighted by molar-refractivity contribution is -0.890. The molecule has 0 saturated carbocycles. The third kappa shape index (κ3) is 5.16. The van der Waals surface area contributed by atoms with Gasteiger partial charge in [-0.15, -0.1) is 11.3 Å². The van der Waals surface area contributed by atoms with Crippen LogP contribution in [0.3, 0.4) is 0 Å². The molecular weight excluding hydrogens is 382 g/mol. The molecular formula is C19H28N3O3S2+. The van der Waals surface area contributed by atoms with Crippen molar-refractivity contribution in [3.63, 3.8) is 0 Å². The molecule has 1 aromatic heterocycles. The van der Waals surface area contributed by atoms with E-state index in [2.05, 4.69) is 11.4 Å². The molecule has 2 aromatic rings. The van der Waals surface area contributed by atoms with E-state index < -0.39 is 10.0 Å². The Hall–Kier alpha value is -1.74. The fourth-order valence-electron chi connectivity index (χ4n) is 2.89. The summed E-state index contributed by atoms with van der Waals surface area (Å²) in [4.78, 5) is 15.2. The van der Waals surface area contributed by atoms with Gasteiger partial charge >= 0.3 is 0 Å². The van der Waals surface area contributed by atoms with Crippen LogP contribution in [0.25, 0.3) is 0 Å². The van der Waals surface area contributed by atoms with Crippen molar-refractivity contribution in [1.29, 1.82) is 0 Å². The van der Waals surface area contributed by atoms with Crippen LogP contribution in [0, 0.1) is 0 Å². The van der Waals surface area contributed by atoms with Crippen molar-refractivity contribution in [2.75, 3.05) is 33.7 Å². The third-order valence-corrected chi connectivity index (χ3v) is 7.52. The van der Waals surface area contributed by atoms with E-state index in [1.54, 1.807) is 37.3 Å². The first-order chi connectivity index (χ1) is 12.8. The van der Waals surface area contributed by atoms with Crippen molar-refractivity contribution < 1.29 is 18.1 Å². The highest BCUT2D eigenvalue weighted by Crippen LogP contribution is 2.18. The van der Waals surface area contributed by atoms with Gasteiger partial charge in [0, 0.05) is 18.7 Å². The minimum Gasteiger partial charge on any atom is -0.346 e. The number of rotatable bonds is 9. The van der Waals surface area contributed by atoms with Crippen LogP contribution in [-0.4, -0.2) is 52.4 Å². The maximum Gasteiger partial charge on any atom is 0.251 e. The van der Waals surface area contributed by atoms with Gasteiger partial charge in [-0.05, 0) is 29.6 Å². The van der Waals surface area contributed by atoms with Gasteiger partial charge in [-0.2, -0.15) is 4.31 Å². The minimum absolute atomic E-state index is 0.145. The number of hydrogen-bond acceptors (Lipinski definition) is 4. The van der Waals surface area contributed by atoms with Crippen molar-refractivity contribution in [2.24, 2.45) is 0 Å². The number of amides is 1. The highest BCUT2D eigenvalue weighted by Gasteiger charge is 2.23. The van der Waals surface area contributed by atoms with Gasteiger partial charge in [0.05, 0.1) is 30.4 Å². The Morgan fingerprint density at radius 2 is 1.89 bits per heavy atom. The number of likely N-dealkylation sites (N-methyl/N-ethyl adjacent to an activating group) is 1. The standard InChI is InChI=1S/C19H27N3O3S2/c1-5-22(6-2)27(24,25)16-10-7-9-15(13-16)19(23)20-14-17(21(3)4)18-11-8-12-26-18/h7-13,17H,5-6,14H2,1-4H3,(H,20,23)/p+1/t17-/m0/s1. The lowest BCUT2D eigenvalue weighted by Gasteiger charge is -2.21. The number of benzene rings is 1. The summed E-state index contributed by atoms with van der Waals surface area (Å²) in [7, 11) is 0.512. The number of hydrogen-bond donors (Lipinski definition) is 2. The zero-order valence-electron chi connectivity index (χ0n) is 16.2. The molecule has 148 valence electrons. The molecule has 8 heteroatoms. The average molecular weight is 411 g/mol. The van der Waals surface area contributed by atoms with E-state index >= 15 is 0 Å². The summed E-state index contributed by atoms with van der Waals surface area (Å²) in [6, 6.07) is 10.4. The molecule has 0 spiro atoms. The number of carbonyl (C=O) groups excluding carboxylic acids is 1. The fraction of sp³-hybridized carbons (Fsp3) is 0.421. The molecule has 0 fully saturated rings. The molecule has 1 aromatic carbocycles. The van der Waals surface area contributed by atoms with E-state index in [0.717, 1.165) is 0 Å². The molecule has 1 heterocycles. The first kappa shape index (κ1) is 21.6. The van der Waals surface area contributed by atoms with Crippen molar-refractivity contribution in [3.8, 4) is 0 Å². The van der Waals surface area contributed by atoms with E-state index in [0.29, 0.717) is 25.2 Å². The quantitative estimate of drug-likeness (QED) is 0.656. The van der Waals surface area contributed by atoms with E-state index in [1.165, 1.54) is 26.2 Å². The molecule has 0 bridgehead atoms. The van der Waals surface area contributed by atoms with Crippen LogP contribution in [0.2, 0.25) is 0 Å². The van der Waals surface area contributed by atoms with Crippen LogP contribution >= 0.6 is 11.3 Å². The predicted octanol–water partition coefficient (Wildman–Crippen LogP) is 1.39. The molecule has 1 atom stereocenters. The highest BCUT2D eigenvalue weighted by molar-refractivity contribution is 7.89. The van der Waals surface area contributed by atoms with Gasteiger partial charge in [0.15, 0.2) is 0 Å². The second-order valence-corrected chi connectivity index (χ2v) is 9.39. The van der Waals surface area contributed by atoms with Gasteiger partial charge in [0.1, 0.15) is 6.04 Å². The molecule has 6 nitrogen and oxygen atoms in total. The summed E-state index contributed by atoms with van der Waals surface area (Å²) >= 11 is 1.66. The highest BCUT2D eigenvalue weighted by atomic mass is 32.2. The zero-order chi connectivity index (χ0) is 20.0. The van der Waals surface area contributed by atoms with Gasteiger partial charge in [-0.3, -0.25) is 4.79 Å². The Kier molecular flexibility index (Phi) is 7.55. The number of carbonyl (C=O) groups is 1. The van der Waals surface area contributed by atoms with Gasteiger partial charge in [0.25, 0.3) is 5.91 Å². The Morgan fingerprint density at radius 1 is 1.19 bits per heavy atom. The Bertz CT molecular complexity index is 845. The SMILES string of the molecule is CCN(CC)S(=O)(=O)c1cccc(C(=O)NC[C@@H](c2cccs2)[NH+](C)C)c1. The van der Waals surface area contributed by atoms with E-state index in [9.17, 15) is 13.2 Å². The molecule has 0 aliphatic carbocycles. The van der Waals surface area contributed by atoms with Crippen molar-refractivity contribution >= 4 is 27.3 Å². The monoisotopic (exact) mass is 410 g/mol. The lowest BCUT2D eigenvalue weighted by Crippen LogP contribution is -3.06. The van der Waals surface area contributed by atoms with E-state index in [-0.39, 0.29) is 16.8 Å². The summed E-state index contributed by atoms with van der Waals surface area (Å²) in [5.74, 6) is -0.269. The molecule has 0 unspecified atom stereocenters. The number of nitrogens with one attached hydrogen (secondary N) is 2. The minimum atomic E-state index is -3.59. The van der Waals surface area contributed by atoms with Gasteiger partial charge < -0.3 is 10.2 Å². The summed E-state index contributed by atoms with van der Waals surface area (Å²) in [6.45, 7) is 4.86. The maximum atomic E-state index is 12.7. The molecule has 0 saturated heterocycles. The maximum absolute atomic E-state index is 12.7. The number of quaternary nitrogens is 1. The van der Waals surface area contributed by atoms with E-state index in [1.807, 2.05) is 25.5 Å². The van der Waals surface area contributed by atoms with Crippen LogP contribution in [0.4, 0.5) is 0 Å². The normalized spacial score (nSPS) is 13.1. The summed E-state index contributed by atoms with van der Waals surface area (Å²) in [6.07, 6.45) is 0. The van der Waals surface area contributed by atoms with Crippen LogP contribution in [-0.2, 0) is 10.0 Å². The summed E-state index contributed by atoms with van der Waals surface area (Å²) < 4.78 is 26.7. The van der Waals surface area contributed by atoms with Crippen LogP contribution < -0.4 is 10.2 Å². The number of thiophene rings is 1. The number of sulfonamides is 1. The van der Waals surface area contributed by atoms with Crippen molar-refractivity contribution in [3.05, 3.63) is 52.2 Å². The second kappa shape index (κ2) is 9.45. The summed E-state index contributed by atoms with van der Waals surface area (Å²) in [5.41, 5.74) is 0.349. The summed E-state index contributed by atoms with van der Waals surface area (Å²) in [5, 5.41) is 4.97. The average Bonchev–Trinajstić information content (AvgIpc) is 3.16. The largest absolute Gasteiger partial charge is 0.346 e. The smallest absolute Gasteiger partial charge is 0.251 e. The Morgan fingerprint density at radius 3 is 2.44 bits per heavy atom. The molecule has 2 N–H and O–H groups in total. The third-order valence-electron chi connectivity index (χ3n) is 4.49. The first-order valence-corrected chi connectivity index (χ1v) is 11.3. The van der Waals surface area contributed by atoms with Gasteiger partial charge in [-0.1, -0.05) is 26.0 Å². The van der Waals surface area contributed by atoms with Crippen LogP contribution in [0.15, 0.2) is 46.7 Å². The molecule has 1 amide bonds.